The van der Waals surface area contributed by atoms with Gasteiger partial charge in [-0.05, 0) is 29.8 Å². The van der Waals surface area contributed by atoms with Gasteiger partial charge in [0.1, 0.15) is 5.82 Å². The zero-order valence-electron chi connectivity index (χ0n) is 10.9. The number of anilines is 1. The summed E-state index contributed by atoms with van der Waals surface area (Å²) in [5, 5.41) is 0. The lowest BCUT2D eigenvalue weighted by molar-refractivity contribution is 0.750. The first-order valence-corrected chi connectivity index (χ1v) is 6.41. The van der Waals surface area contributed by atoms with Crippen LogP contribution in [0.2, 0.25) is 0 Å². The van der Waals surface area contributed by atoms with E-state index in [0.29, 0.717) is 0 Å². The Morgan fingerprint density at radius 3 is 2.89 bits per heavy atom. The standard InChI is InChI=1S/C15H16N4/c1-2-15-18-13-8-12(16)5-6-14(13)19(15)10-11-4-3-7-17-9-11/h3-9H,2,10,16H2,1H3. The van der Waals surface area contributed by atoms with Crippen LogP contribution in [0.4, 0.5) is 5.69 Å². The number of hydrogen-bond donors (Lipinski definition) is 1. The van der Waals surface area contributed by atoms with E-state index >= 15 is 0 Å². The molecule has 2 heterocycles. The summed E-state index contributed by atoms with van der Waals surface area (Å²) in [6.07, 6.45) is 4.58. The largest absolute Gasteiger partial charge is 0.399 e. The molecule has 4 nitrogen and oxygen atoms in total. The number of nitrogens with zero attached hydrogens (tertiary/aromatic N) is 3. The molecule has 96 valence electrons. The predicted molar refractivity (Wildman–Crippen MR) is 76.9 cm³/mol. The van der Waals surface area contributed by atoms with E-state index < -0.39 is 0 Å². The van der Waals surface area contributed by atoms with Gasteiger partial charge in [0.05, 0.1) is 17.6 Å². The smallest absolute Gasteiger partial charge is 0.109 e. The van der Waals surface area contributed by atoms with Crippen molar-refractivity contribution in [2.45, 2.75) is 19.9 Å². The second-order valence-electron chi connectivity index (χ2n) is 4.58. The zero-order chi connectivity index (χ0) is 13.2. The minimum atomic E-state index is 0.751. The molecule has 0 saturated heterocycles. The van der Waals surface area contributed by atoms with Crippen LogP contribution in [0, 0.1) is 0 Å². The van der Waals surface area contributed by atoms with E-state index in [1.54, 1.807) is 6.20 Å². The molecule has 2 N–H and O–H groups in total. The first-order chi connectivity index (χ1) is 9.28. The molecule has 0 spiro atoms. The van der Waals surface area contributed by atoms with Crippen molar-refractivity contribution in [3.8, 4) is 0 Å². The van der Waals surface area contributed by atoms with Crippen LogP contribution in [0.5, 0.6) is 0 Å². The molecule has 1 aromatic carbocycles. The summed E-state index contributed by atoms with van der Waals surface area (Å²) in [5.41, 5.74) is 9.82. The fourth-order valence-corrected chi connectivity index (χ4v) is 2.32. The van der Waals surface area contributed by atoms with Gasteiger partial charge in [0.2, 0.25) is 0 Å². The molecule has 0 aliphatic rings. The van der Waals surface area contributed by atoms with Crippen molar-refractivity contribution in [2.24, 2.45) is 0 Å². The Balaban J connectivity index is 2.11. The highest BCUT2D eigenvalue weighted by atomic mass is 15.1. The number of imidazole rings is 1. The number of nitrogen functional groups attached to an aromatic ring is 1. The molecule has 2 aromatic heterocycles. The Kier molecular flexibility index (Phi) is 2.91. The SMILES string of the molecule is CCc1nc2cc(N)ccc2n1Cc1cccnc1. The van der Waals surface area contributed by atoms with Crippen molar-refractivity contribution in [2.75, 3.05) is 5.73 Å². The van der Waals surface area contributed by atoms with Crippen molar-refractivity contribution in [1.29, 1.82) is 0 Å². The number of nitrogens with two attached hydrogens (primary N) is 1. The Morgan fingerprint density at radius 1 is 1.26 bits per heavy atom. The molecule has 3 rings (SSSR count). The summed E-state index contributed by atoms with van der Waals surface area (Å²) in [6.45, 7) is 2.90. The minimum absolute atomic E-state index is 0.751. The van der Waals surface area contributed by atoms with Crippen molar-refractivity contribution >= 4 is 16.7 Å². The maximum Gasteiger partial charge on any atom is 0.109 e. The van der Waals surface area contributed by atoms with Crippen LogP contribution in [0.3, 0.4) is 0 Å². The van der Waals surface area contributed by atoms with Crippen LogP contribution in [-0.4, -0.2) is 14.5 Å². The molecule has 0 fully saturated rings. The third-order valence-electron chi connectivity index (χ3n) is 3.23. The van der Waals surface area contributed by atoms with Crippen molar-refractivity contribution < 1.29 is 0 Å². The number of pyridine rings is 1. The van der Waals surface area contributed by atoms with Gasteiger partial charge in [-0.25, -0.2) is 4.98 Å². The number of aromatic nitrogens is 3. The summed E-state index contributed by atoms with van der Waals surface area (Å²) in [4.78, 5) is 8.81. The first-order valence-electron chi connectivity index (χ1n) is 6.41. The maximum atomic E-state index is 5.82. The van der Waals surface area contributed by atoms with Crippen LogP contribution in [-0.2, 0) is 13.0 Å². The molecule has 0 bridgehead atoms. The fourth-order valence-electron chi connectivity index (χ4n) is 2.32. The lowest BCUT2D eigenvalue weighted by Gasteiger charge is -2.07. The molecular weight excluding hydrogens is 236 g/mol. The van der Waals surface area contributed by atoms with E-state index in [2.05, 4.69) is 27.5 Å². The van der Waals surface area contributed by atoms with Gasteiger partial charge < -0.3 is 10.3 Å². The topological polar surface area (TPSA) is 56.7 Å². The Bertz CT molecular complexity index is 701. The van der Waals surface area contributed by atoms with Gasteiger partial charge in [0.25, 0.3) is 0 Å². The van der Waals surface area contributed by atoms with Gasteiger partial charge in [-0.2, -0.15) is 0 Å². The summed E-state index contributed by atoms with van der Waals surface area (Å²) < 4.78 is 2.23. The van der Waals surface area contributed by atoms with E-state index in [4.69, 9.17) is 5.73 Å². The van der Waals surface area contributed by atoms with Gasteiger partial charge in [0.15, 0.2) is 0 Å². The van der Waals surface area contributed by atoms with E-state index in [9.17, 15) is 0 Å². The lowest BCUT2D eigenvalue weighted by Crippen LogP contribution is -2.04. The average Bonchev–Trinajstić information content (AvgIpc) is 2.77. The number of aryl methyl sites for hydroxylation is 1. The Morgan fingerprint density at radius 2 is 2.16 bits per heavy atom. The fraction of sp³-hybridized carbons (Fsp3) is 0.200. The molecular formula is C15H16N4. The third-order valence-corrected chi connectivity index (χ3v) is 3.23. The lowest BCUT2D eigenvalue weighted by atomic mass is 10.2. The second-order valence-corrected chi connectivity index (χ2v) is 4.58. The maximum absolute atomic E-state index is 5.82. The second kappa shape index (κ2) is 4.72. The van der Waals surface area contributed by atoms with Crippen molar-refractivity contribution in [1.82, 2.24) is 14.5 Å². The van der Waals surface area contributed by atoms with Gasteiger partial charge in [0, 0.05) is 24.5 Å². The van der Waals surface area contributed by atoms with Gasteiger partial charge in [-0.3, -0.25) is 4.98 Å². The van der Waals surface area contributed by atoms with Gasteiger partial charge >= 0.3 is 0 Å². The third kappa shape index (κ3) is 2.17. The first kappa shape index (κ1) is 11.7. The Labute approximate surface area is 111 Å². The molecule has 0 radical (unpaired) electrons. The van der Waals surface area contributed by atoms with Gasteiger partial charge in [-0.1, -0.05) is 13.0 Å². The highest BCUT2D eigenvalue weighted by Gasteiger charge is 2.09. The zero-order valence-corrected chi connectivity index (χ0v) is 10.9. The molecule has 4 heteroatoms. The molecule has 3 aromatic rings. The molecule has 0 aliphatic heterocycles. The molecule has 0 unspecified atom stereocenters. The van der Waals surface area contributed by atoms with Crippen molar-refractivity contribution in [3.63, 3.8) is 0 Å². The van der Waals surface area contributed by atoms with Crippen molar-refractivity contribution in [3.05, 3.63) is 54.1 Å². The number of benzene rings is 1. The molecule has 0 atom stereocenters. The average molecular weight is 252 g/mol. The normalized spacial score (nSPS) is 11.0. The van der Waals surface area contributed by atoms with Crippen LogP contribution >= 0.6 is 0 Å². The molecule has 19 heavy (non-hydrogen) atoms. The van der Waals surface area contributed by atoms with Gasteiger partial charge in [-0.15, -0.1) is 0 Å². The molecule has 0 amide bonds. The predicted octanol–water partition coefficient (Wildman–Crippen LogP) is 2.62. The van der Waals surface area contributed by atoms with Crippen LogP contribution in [0.15, 0.2) is 42.7 Å². The summed E-state index contributed by atoms with van der Waals surface area (Å²) in [6, 6.07) is 9.91. The minimum Gasteiger partial charge on any atom is -0.399 e. The van der Waals surface area contributed by atoms with E-state index in [-0.39, 0.29) is 0 Å². The van der Waals surface area contributed by atoms with E-state index in [1.165, 1.54) is 5.56 Å². The summed E-state index contributed by atoms with van der Waals surface area (Å²) in [7, 11) is 0. The summed E-state index contributed by atoms with van der Waals surface area (Å²) >= 11 is 0. The highest BCUT2D eigenvalue weighted by molar-refractivity contribution is 5.79. The van der Waals surface area contributed by atoms with Crippen LogP contribution in [0.1, 0.15) is 18.3 Å². The summed E-state index contributed by atoms with van der Waals surface area (Å²) in [5.74, 6) is 1.07. The van der Waals surface area contributed by atoms with Crippen LogP contribution in [0.25, 0.3) is 11.0 Å². The number of hydrogen-bond acceptors (Lipinski definition) is 3. The van der Waals surface area contributed by atoms with E-state index in [1.807, 2.05) is 30.5 Å². The number of rotatable bonds is 3. The van der Waals surface area contributed by atoms with Crippen LogP contribution < -0.4 is 5.73 Å². The quantitative estimate of drug-likeness (QED) is 0.729. The number of fused-ring (bicyclic) bond motifs is 1. The molecule has 0 aliphatic carbocycles. The van der Waals surface area contributed by atoms with E-state index in [0.717, 1.165) is 35.5 Å². The highest BCUT2D eigenvalue weighted by Crippen LogP contribution is 2.20. The molecule has 0 saturated carbocycles. The Hall–Kier alpha value is -2.36. The monoisotopic (exact) mass is 252 g/mol.